The van der Waals surface area contributed by atoms with Gasteiger partial charge >= 0.3 is 0 Å². The van der Waals surface area contributed by atoms with Gasteiger partial charge in [0, 0.05) is 19.2 Å². The molecule has 0 saturated heterocycles. The Balaban J connectivity index is 1.93. The van der Waals surface area contributed by atoms with Gasteiger partial charge in [0.15, 0.2) is 0 Å². The number of nitrogens with one attached hydrogen (secondary N) is 2. The van der Waals surface area contributed by atoms with Crippen molar-refractivity contribution in [3.8, 4) is 0 Å². The molecule has 0 aromatic heterocycles. The van der Waals surface area contributed by atoms with E-state index in [9.17, 15) is 14.7 Å². The van der Waals surface area contributed by atoms with Gasteiger partial charge in [0.2, 0.25) is 5.91 Å². The summed E-state index contributed by atoms with van der Waals surface area (Å²) >= 11 is 0. The van der Waals surface area contributed by atoms with Crippen molar-refractivity contribution in [2.24, 2.45) is 0 Å². The lowest BCUT2D eigenvalue weighted by atomic mass is 10.0. The van der Waals surface area contributed by atoms with E-state index in [4.69, 9.17) is 0 Å². The highest BCUT2D eigenvalue weighted by Crippen LogP contribution is 2.29. The molecule has 5 nitrogen and oxygen atoms in total. The molecule has 0 spiro atoms. The number of hydrogen-bond donors (Lipinski definition) is 3. The summed E-state index contributed by atoms with van der Waals surface area (Å²) in [4.78, 5) is 23.0. The van der Waals surface area contributed by atoms with Crippen molar-refractivity contribution in [1.82, 2.24) is 5.32 Å². The zero-order valence-corrected chi connectivity index (χ0v) is 11.6. The number of amides is 2. The second-order valence-corrected chi connectivity index (χ2v) is 5.30. The van der Waals surface area contributed by atoms with Crippen molar-refractivity contribution in [1.29, 1.82) is 0 Å². The van der Waals surface area contributed by atoms with Gasteiger partial charge in [0.25, 0.3) is 5.91 Å². The Labute approximate surface area is 118 Å². The number of carbonyl (C=O) groups is 2. The third-order valence-corrected chi connectivity index (χ3v) is 3.55. The lowest BCUT2D eigenvalue weighted by molar-refractivity contribution is -0.139. The van der Waals surface area contributed by atoms with Gasteiger partial charge < -0.3 is 15.7 Å². The fourth-order valence-electron chi connectivity index (χ4n) is 2.50. The fourth-order valence-corrected chi connectivity index (χ4v) is 2.50. The molecule has 108 valence electrons. The summed E-state index contributed by atoms with van der Waals surface area (Å²) in [5.74, 6) is -0.439. The van der Waals surface area contributed by atoms with Crippen molar-refractivity contribution < 1.29 is 14.7 Å². The molecular weight excluding hydrogens is 256 g/mol. The third-order valence-electron chi connectivity index (χ3n) is 3.55. The molecule has 0 aliphatic heterocycles. The monoisotopic (exact) mass is 276 g/mol. The van der Waals surface area contributed by atoms with Crippen LogP contribution in [0.1, 0.15) is 38.2 Å². The smallest absolute Gasteiger partial charge is 0.252 e. The first-order valence-electron chi connectivity index (χ1n) is 6.87. The van der Waals surface area contributed by atoms with Gasteiger partial charge in [-0.1, -0.05) is 12.1 Å². The van der Waals surface area contributed by atoms with E-state index in [-0.39, 0.29) is 11.8 Å². The molecule has 0 radical (unpaired) electrons. The maximum atomic E-state index is 12.0. The van der Waals surface area contributed by atoms with E-state index in [1.807, 2.05) is 12.1 Å². The second kappa shape index (κ2) is 6.05. The molecule has 1 aromatic rings. The Morgan fingerprint density at radius 2 is 2.00 bits per heavy atom. The predicted molar refractivity (Wildman–Crippen MR) is 76.0 cm³/mol. The van der Waals surface area contributed by atoms with Crippen LogP contribution in [-0.4, -0.2) is 22.5 Å². The van der Waals surface area contributed by atoms with E-state index in [0.717, 1.165) is 18.4 Å². The molecule has 2 amide bonds. The first-order chi connectivity index (χ1) is 9.49. The number of hydrogen-bond acceptors (Lipinski definition) is 3. The predicted octanol–water partition coefficient (Wildman–Crippen LogP) is 1.57. The molecule has 0 heterocycles. The Morgan fingerprint density at radius 1 is 1.30 bits per heavy atom. The average Bonchev–Trinajstić information content (AvgIpc) is 2.84. The van der Waals surface area contributed by atoms with E-state index < -0.39 is 5.60 Å². The van der Waals surface area contributed by atoms with E-state index in [2.05, 4.69) is 10.6 Å². The molecule has 0 atom stereocenters. The number of aliphatic hydroxyl groups is 1. The van der Waals surface area contributed by atoms with Crippen molar-refractivity contribution >= 4 is 17.5 Å². The zero-order valence-electron chi connectivity index (χ0n) is 11.6. The molecule has 5 heteroatoms. The van der Waals surface area contributed by atoms with Crippen LogP contribution in [0.3, 0.4) is 0 Å². The molecule has 1 aliphatic carbocycles. The van der Waals surface area contributed by atoms with Gasteiger partial charge in [-0.25, -0.2) is 0 Å². The van der Waals surface area contributed by atoms with Crippen LogP contribution >= 0.6 is 0 Å². The highest BCUT2D eigenvalue weighted by atomic mass is 16.3. The highest BCUT2D eigenvalue weighted by molar-refractivity contribution is 5.88. The molecular formula is C15H20N2O3. The van der Waals surface area contributed by atoms with Gasteiger partial charge in [0.1, 0.15) is 5.60 Å². The molecule has 1 fully saturated rings. The van der Waals surface area contributed by atoms with Crippen molar-refractivity contribution in [3.63, 3.8) is 0 Å². The van der Waals surface area contributed by atoms with Crippen LogP contribution in [0, 0.1) is 0 Å². The standard InChI is InChI=1S/C15H20N2O3/c1-11(18)17-13-6-4-5-12(9-13)10-16-14(19)15(20)7-2-3-8-15/h4-6,9,20H,2-3,7-8,10H2,1H3,(H,16,19)(H,17,18). The molecule has 0 unspecified atom stereocenters. The molecule has 1 saturated carbocycles. The third kappa shape index (κ3) is 3.57. The SMILES string of the molecule is CC(=O)Nc1cccc(CNC(=O)C2(O)CCCC2)c1. The lowest BCUT2D eigenvalue weighted by Crippen LogP contribution is -2.44. The molecule has 2 rings (SSSR count). The first-order valence-corrected chi connectivity index (χ1v) is 6.87. The van der Waals surface area contributed by atoms with E-state index in [1.165, 1.54) is 6.92 Å². The van der Waals surface area contributed by atoms with E-state index >= 15 is 0 Å². The van der Waals surface area contributed by atoms with Crippen LogP contribution in [0.2, 0.25) is 0 Å². The van der Waals surface area contributed by atoms with Crippen LogP contribution in [0.15, 0.2) is 24.3 Å². The number of benzene rings is 1. The van der Waals surface area contributed by atoms with Gasteiger partial charge in [0.05, 0.1) is 0 Å². The minimum atomic E-state index is -1.20. The Bertz CT molecular complexity index is 508. The molecule has 0 bridgehead atoms. The zero-order chi connectivity index (χ0) is 14.6. The van der Waals surface area contributed by atoms with Crippen LogP contribution in [0.25, 0.3) is 0 Å². The van der Waals surface area contributed by atoms with Gasteiger partial charge in [-0.3, -0.25) is 9.59 Å². The average molecular weight is 276 g/mol. The second-order valence-electron chi connectivity index (χ2n) is 5.30. The first kappa shape index (κ1) is 14.5. The summed E-state index contributed by atoms with van der Waals surface area (Å²) in [5.41, 5.74) is 0.380. The van der Waals surface area contributed by atoms with Crippen molar-refractivity contribution in [2.45, 2.75) is 44.8 Å². The largest absolute Gasteiger partial charge is 0.380 e. The van der Waals surface area contributed by atoms with Gasteiger partial charge in [-0.2, -0.15) is 0 Å². The Morgan fingerprint density at radius 3 is 2.65 bits per heavy atom. The normalized spacial score (nSPS) is 16.7. The van der Waals surface area contributed by atoms with Crippen molar-refractivity contribution in [2.75, 3.05) is 5.32 Å². The maximum Gasteiger partial charge on any atom is 0.252 e. The molecule has 1 aliphatic rings. The summed E-state index contributed by atoms with van der Waals surface area (Å²) in [6, 6.07) is 7.28. The van der Waals surface area contributed by atoms with Crippen LogP contribution in [0.5, 0.6) is 0 Å². The number of carbonyl (C=O) groups excluding carboxylic acids is 2. The lowest BCUT2D eigenvalue weighted by Gasteiger charge is -2.21. The topological polar surface area (TPSA) is 78.4 Å². The van der Waals surface area contributed by atoms with Gasteiger partial charge in [-0.15, -0.1) is 0 Å². The number of anilines is 1. The van der Waals surface area contributed by atoms with Crippen LogP contribution in [-0.2, 0) is 16.1 Å². The Hall–Kier alpha value is -1.88. The summed E-state index contributed by atoms with van der Waals surface area (Å²) in [5, 5.41) is 15.6. The van der Waals surface area contributed by atoms with E-state index in [1.54, 1.807) is 12.1 Å². The van der Waals surface area contributed by atoms with Crippen LogP contribution < -0.4 is 10.6 Å². The minimum Gasteiger partial charge on any atom is -0.380 e. The van der Waals surface area contributed by atoms with Crippen molar-refractivity contribution in [3.05, 3.63) is 29.8 Å². The van der Waals surface area contributed by atoms with E-state index in [0.29, 0.717) is 25.1 Å². The summed E-state index contributed by atoms with van der Waals surface area (Å²) in [6.45, 7) is 1.79. The highest BCUT2D eigenvalue weighted by Gasteiger charge is 2.38. The van der Waals surface area contributed by atoms with Gasteiger partial charge in [-0.05, 0) is 43.4 Å². The van der Waals surface area contributed by atoms with Crippen LogP contribution in [0.4, 0.5) is 5.69 Å². The quantitative estimate of drug-likeness (QED) is 0.781. The summed E-state index contributed by atoms with van der Waals surface area (Å²) < 4.78 is 0. The minimum absolute atomic E-state index is 0.133. The molecule has 1 aromatic carbocycles. The maximum absolute atomic E-state index is 12.0. The molecule has 3 N–H and O–H groups in total. The fraction of sp³-hybridized carbons (Fsp3) is 0.467. The number of rotatable bonds is 4. The Kier molecular flexibility index (Phi) is 4.39. The molecule has 20 heavy (non-hydrogen) atoms. The summed E-state index contributed by atoms with van der Waals surface area (Å²) in [6.07, 6.45) is 2.85. The summed E-state index contributed by atoms with van der Waals surface area (Å²) in [7, 11) is 0.